The summed E-state index contributed by atoms with van der Waals surface area (Å²) in [6.07, 6.45) is 1.00. The molecule has 0 bridgehead atoms. The first-order valence-corrected chi connectivity index (χ1v) is 6.55. The van der Waals surface area contributed by atoms with Gasteiger partial charge in [-0.2, -0.15) is 4.72 Å². The van der Waals surface area contributed by atoms with Gasteiger partial charge >= 0.3 is 0 Å². The highest BCUT2D eigenvalue weighted by molar-refractivity contribution is 7.91. The van der Waals surface area contributed by atoms with Crippen LogP contribution in [0.4, 0.5) is 5.69 Å². The molecule has 1 aliphatic heterocycles. The van der Waals surface area contributed by atoms with Crippen LogP contribution in [0.1, 0.15) is 25.8 Å². The third-order valence-corrected chi connectivity index (χ3v) is 3.32. The van der Waals surface area contributed by atoms with Crippen LogP contribution in [0, 0.1) is 0 Å². The van der Waals surface area contributed by atoms with Crippen molar-refractivity contribution >= 4 is 23.1 Å². The van der Waals surface area contributed by atoms with Crippen molar-refractivity contribution in [1.29, 1.82) is 0 Å². The Bertz CT molecular complexity index is 450. The molecule has 2 unspecified atom stereocenters. The molecule has 1 aromatic rings. The van der Waals surface area contributed by atoms with Gasteiger partial charge in [-0.15, -0.1) is 0 Å². The molecule has 1 aromatic carbocycles. The Kier molecular flexibility index (Phi) is 3.44. The van der Waals surface area contributed by atoms with E-state index < -0.39 is 11.5 Å². The lowest BCUT2D eigenvalue weighted by Gasteiger charge is -2.20. The Morgan fingerprint density at radius 1 is 1.59 bits per heavy atom. The highest BCUT2D eigenvalue weighted by atomic mass is 32.2. The first kappa shape index (κ1) is 12.1. The van der Waals surface area contributed by atoms with E-state index in [1.54, 1.807) is 6.07 Å². The summed E-state index contributed by atoms with van der Waals surface area (Å²) in [6, 6.07) is 5.47. The molecule has 0 fully saturated rings. The second kappa shape index (κ2) is 4.85. The van der Waals surface area contributed by atoms with Crippen LogP contribution < -0.4 is 15.2 Å². The first-order chi connectivity index (χ1) is 8.11. The largest absolute Gasteiger partial charge is 0.566 e. The van der Waals surface area contributed by atoms with Crippen molar-refractivity contribution in [2.45, 2.75) is 26.4 Å². The summed E-state index contributed by atoms with van der Waals surface area (Å²) in [4.78, 5) is 0. The molecule has 0 aliphatic carbocycles. The van der Waals surface area contributed by atoms with Crippen LogP contribution in [0.2, 0.25) is 0 Å². The average molecular weight is 253 g/mol. The molecular weight excluding hydrogens is 238 g/mol. The van der Waals surface area contributed by atoms with E-state index in [0.29, 0.717) is 17.0 Å². The van der Waals surface area contributed by atoms with Crippen LogP contribution in [0.25, 0.3) is 0 Å². The number of benzene rings is 1. The second-order valence-electron chi connectivity index (χ2n) is 3.84. The molecule has 0 radical (unpaired) electrons. The molecule has 3 N–H and O–H groups in total. The predicted molar refractivity (Wildman–Crippen MR) is 69.3 cm³/mol. The van der Waals surface area contributed by atoms with Gasteiger partial charge in [-0.1, -0.05) is 13.0 Å². The van der Waals surface area contributed by atoms with Crippen molar-refractivity contribution in [3.63, 3.8) is 0 Å². The lowest BCUT2D eigenvalue weighted by Crippen LogP contribution is -2.27. The minimum atomic E-state index is -1.50. The van der Waals surface area contributed by atoms with Crippen molar-refractivity contribution in [3.8, 4) is 5.75 Å². The number of nitrogens with zero attached hydrogens (tertiary/aromatic N) is 1. The first-order valence-electron chi connectivity index (χ1n) is 5.44. The molecule has 0 saturated heterocycles. The third kappa shape index (κ3) is 2.48. The molecule has 92 valence electrons. The maximum Gasteiger partial charge on any atom is 0.222 e. The van der Waals surface area contributed by atoms with Crippen molar-refractivity contribution in [2.24, 2.45) is 10.1 Å². The number of hydrogen-bond donors (Lipinski definition) is 2. The number of hydrogen-bond acceptors (Lipinski definition) is 5. The van der Waals surface area contributed by atoms with E-state index in [4.69, 9.17) is 10.5 Å². The van der Waals surface area contributed by atoms with Gasteiger partial charge in [0.1, 0.15) is 5.75 Å². The zero-order valence-electron chi connectivity index (χ0n) is 9.77. The molecule has 2 rings (SSSR count). The zero-order valence-corrected chi connectivity index (χ0v) is 10.6. The number of ether oxygens (including phenoxy) is 1. The predicted octanol–water partition coefficient (Wildman–Crippen LogP) is 1.57. The van der Waals surface area contributed by atoms with Gasteiger partial charge in [0.25, 0.3) is 0 Å². The van der Waals surface area contributed by atoms with E-state index in [1.165, 1.54) is 0 Å². The molecule has 0 saturated carbocycles. The van der Waals surface area contributed by atoms with Crippen molar-refractivity contribution in [1.82, 2.24) is 0 Å². The molecule has 17 heavy (non-hydrogen) atoms. The molecule has 5 nitrogen and oxygen atoms in total. The Morgan fingerprint density at radius 2 is 2.35 bits per heavy atom. The zero-order chi connectivity index (χ0) is 12.4. The molecule has 0 amide bonds. The summed E-state index contributed by atoms with van der Waals surface area (Å²) < 4.78 is 23.6. The third-order valence-electron chi connectivity index (χ3n) is 2.56. The van der Waals surface area contributed by atoms with Crippen LogP contribution in [-0.2, 0) is 11.5 Å². The summed E-state index contributed by atoms with van der Waals surface area (Å²) in [5, 5.41) is 0. The monoisotopic (exact) mass is 253 g/mol. The number of amidine groups is 1. The van der Waals surface area contributed by atoms with Gasteiger partial charge in [0.15, 0.2) is 5.84 Å². The molecule has 2 atom stereocenters. The van der Waals surface area contributed by atoms with Gasteiger partial charge in [-0.3, -0.25) is 0 Å². The molecule has 1 heterocycles. The summed E-state index contributed by atoms with van der Waals surface area (Å²) in [5.74, 6) is 0.915. The molecular formula is C11H15N3O2S. The van der Waals surface area contributed by atoms with E-state index in [9.17, 15) is 4.55 Å². The second-order valence-corrected chi connectivity index (χ2v) is 4.73. The van der Waals surface area contributed by atoms with Crippen LogP contribution in [0.3, 0.4) is 0 Å². The SMILES string of the molecule is CCC(C)Oc1cccc2c1C(N)=N[S+]([O-])N2. The van der Waals surface area contributed by atoms with E-state index >= 15 is 0 Å². The van der Waals surface area contributed by atoms with Crippen LogP contribution in [-0.4, -0.2) is 16.5 Å². The van der Waals surface area contributed by atoms with E-state index in [1.807, 2.05) is 26.0 Å². The van der Waals surface area contributed by atoms with E-state index in [-0.39, 0.29) is 11.9 Å². The Morgan fingerprint density at radius 3 is 3.06 bits per heavy atom. The molecule has 1 aliphatic rings. The molecule has 0 aromatic heterocycles. The Labute approximate surface area is 104 Å². The minimum Gasteiger partial charge on any atom is -0.566 e. The Hall–Kier alpha value is -1.40. The van der Waals surface area contributed by atoms with E-state index in [0.717, 1.165) is 6.42 Å². The highest BCUT2D eigenvalue weighted by Gasteiger charge is 2.24. The quantitative estimate of drug-likeness (QED) is 0.801. The standard InChI is InChI=1S/C11H15N3O2S/c1-3-7(2)16-9-6-4-5-8-10(9)11(12)14-17(15)13-8/h4-7,13H,3H2,1-2H3,(H2,12,14). The summed E-state index contributed by atoms with van der Waals surface area (Å²) in [5.41, 5.74) is 7.17. The maximum atomic E-state index is 11.3. The number of anilines is 1. The molecule has 6 heteroatoms. The number of nitrogens with one attached hydrogen (secondary N) is 1. The van der Waals surface area contributed by atoms with Crippen LogP contribution >= 0.6 is 0 Å². The van der Waals surface area contributed by atoms with Crippen LogP contribution in [0.15, 0.2) is 22.6 Å². The van der Waals surface area contributed by atoms with E-state index in [2.05, 4.69) is 9.12 Å². The fourth-order valence-corrected chi connectivity index (χ4v) is 2.20. The Balaban J connectivity index is 2.38. The summed E-state index contributed by atoms with van der Waals surface area (Å²) >= 11 is -1.50. The number of fused-ring (bicyclic) bond motifs is 1. The molecule has 0 spiro atoms. The lowest BCUT2D eigenvalue weighted by molar-refractivity contribution is 0.217. The van der Waals surface area contributed by atoms with Gasteiger partial charge in [-0.05, 0) is 29.9 Å². The minimum absolute atomic E-state index is 0.0988. The van der Waals surface area contributed by atoms with Gasteiger partial charge in [0, 0.05) is 0 Å². The fourth-order valence-electron chi connectivity index (χ4n) is 1.53. The van der Waals surface area contributed by atoms with Crippen LogP contribution in [0.5, 0.6) is 5.75 Å². The maximum absolute atomic E-state index is 11.3. The normalized spacial score (nSPS) is 19.9. The number of rotatable bonds is 3. The van der Waals surface area contributed by atoms with Gasteiger partial charge < -0.3 is 15.0 Å². The topological polar surface area (TPSA) is 82.7 Å². The van der Waals surface area contributed by atoms with Crippen molar-refractivity contribution in [2.75, 3.05) is 4.72 Å². The average Bonchev–Trinajstić information content (AvgIpc) is 2.28. The lowest BCUT2D eigenvalue weighted by atomic mass is 10.1. The smallest absolute Gasteiger partial charge is 0.222 e. The van der Waals surface area contributed by atoms with Gasteiger partial charge in [0.2, 0.25) is 11.5 Å². The summed E-state index contributed by atoms with van der Waals surface area (Å²) in [7, 11) is 0. The highest BCUT2D eigenvalue weighted by Crippen LogP contribution is 2.31. The fraction of sp³-hybridized carbons (Fsp3) is 0.364. The van der Waals surface area contributed by atoms with Gasteiger partial charge in [0.05, 0.1) is 17.4 Å². The van der Waals surface area contributed by atoms with Crippen molar-refractivity contribution < 1.29 is 9.29 Å². The van der Waals surface area contributed by atoms with Crippen molar-refractivity contribution in [3.05, 3.63) is 23.8 Å². The number of nitrogens with two attached hydrogens (primary N) is 1. The summed E-state index contributed by atoms with van der Waals surface area (Å²) in [6.45, 7) is 4.03. The van der Waals surface area contributed by atoms with Gasteiger partial charge in [-0.25, -0.2) is 0 Å².